The first kappa shape index (κ1) is 16.7. The van der Waals surface area contributed by atoms with E-state index in [0.29, 0.717) is 6.42 Å². The highest BCUT2D eigenvalue weighted by Gasteiger charge is 2.22. The Bertz CT molecular complexity index is 500. The fourth-order valence-electron chi connectivity index (χ4n) is 1.88. The van der Waals surface area contributed by atoms with Crippen molar-refractivity contribution in [1.82, 2.24) is 5.32 Å². The van der Waals surface area contributed by atoms with Crippen molar-refractivity contribution in [2.45, 2.75) is 39.7 Å². The molecule has 1 rings (SSSR count). The largest absolute Gasteiger partial charge is 0.480 e. The van der Waals surface area contributed by atoms with Gasteiger partial charge in [0.15, 0.2) is 0 Å². The normalized spacial score (nSPS) is 12.2. The summed E-state index contributed by atoms with van der Waals surface area (Å²) >= 11 is 3.43. The SMILES string of the molecule is Cc1cc(CCC(=O)NC(C(=O)O)C(C)C)ccc1Br. The molecule has 0 spiro atoms. The molecule has 0 aromatic heterocycles. The second-order valence-electron chi connectivity index (χ2n) is 5.21. The maximum absolute atomic E-state index is 11.8. The van der Waals surface area contributed by atoms with E-state index in [1.54, 1.807) is 13.8 Å². The van der Waals surface area contributed by atoms with Crippen molar-refractivity contribution in [1.29, 1.82) is 0 Å². The third kappa shape index (κ3) is 4.96. The van der Waals surface area contributed by atoms with Crippen LogP contribution in [0.25, 0.3) is 0 Å². The molecule has 1 aromatic carbocycles. The number of carboxylic acid groups (broad SMARTS) is 1. The summed E-state index contributed by atoms with van der Waals surface area (Å²) in [5, 5.41) is 11.6. The summed E-state index contributed by atoms with van der Waals surface area (Å²) in [5.74, 6) is -1.36. The van der Waals surface area contributed by atoms with Crippen molar-refractivity contribution in [3.63, 3.8) is 0 Å². The highest BCUT2D eigenvalue weighted by Crippen LogP contribution is 2.18. The van der Waals surface area contributed by atoms with Gasteiger partial charge in [0.2, 0.25) is 5.91 Å². The van der Waals surface area contributed by atoms with Crippen LogP contribution in [0.4, 0.5) is 0 Å². The van der Waals surface area contributed by atoms with Crippen molar-refractivity contribution >= 4 is 27.8 Å². The lowest BCUT2D eigenvalue weighted by Crippen LogP contribution is -2.44. The predicted octanol–water partition coefficient (Wildman–Crippen LogP) is 2.92. The minimum absolute atomic E-state index is 0.133. The molecule has 0 radical (unpaired) electrons. The molecule has 0 saturated carbocycles. The summed E-state index contributed by atoms with van der Waals surface area (Å²) in [7, 11) is 0. The van der Waals surface area contributed by atoms with Crippen LogP contribution in [-0.2, 0) is 16.0 Å². The van der Waals surface area contributed by atoms with Gasteiger partial charge in [-0.05, 0) is 36.5 Å². The zero-order chi connectivity index (χ0) is 15.3. The molecular formula is C15H20BrNO3. The van der Waals surface area contributed by atoms with E-state index in [1.807, 2.05) is 25.1 Å². The first-order valence-corrected chi connectivity index (χ1v) is 7.37. The van der Waals surface area contributed by atoms with Gasteiger partial charge in [0, 0.05) is 10.9 Å². The Hall–Kier alpha value is -1.36. The topological polar surface area (TPSA) is 66.4 Å². The number of hydrogen-bond acceptors (Lipinski definition) is 2. The zero-order valence-corrected chi connectivity index (χ0v) is 13.5. The lowest BCUT2D eigenvalue weighted by Gasteiger charge is -2.17. The van der Waals surface area contributed by atoms with Crippen molar-refractivity contribution in [2.75, 3.05) is 0 Å². The number of nitrogens with one attached hydrogen (secondary N) is 1. The molecule has 0 aliphatic heterocycles. The molecule has 0 aliphatic carbocycles. The molecule has 1 aromatic rings. The van der Waals surface area contributed by atoms with E-state index in [0.717, 1.165) is 15.6 Å². The molecule has 0 aliphatic rings. The van der Waals surface area contributed by atoms with Gasteiger partial charge in [-0.2, -0.15) is 0 Å². The molecule has 4 nitrogen and oxygen atoms in total. The number of carbonyl (C=O) groups is 2. The van der Waals surface area contributed by atoms with Gasteiger partial charge < -0.3 is 10.4 Å². The lowest BCUT2D eigenvalue weighted by molar-refractivity contribution is -0.143. The van der Waals surface area contributed by atoms with E-state index in [9.17, 15) is 9.59 Å². The molecule has 0 bridgehead atoms. The van der Waals surface area contributed by atoms with Crippen LogP contribution in [0, 0.1) is 12.8 Å². The summed E-state index contributed by atoms with van der Waals surface area (Å²) in [4.78, 5) is 22.8. The van der Waals surface area contributed by atoms with Crippen LogP contribution in [-0.4, -0.2) is 23.0 Å². The molecule has 5 heteroatoms. The lowest BCUT2D eigenvalue weighted by atomic mass is 10.0. The minimum atomic E-state index is -0.993. The second kappa shape index (κ2) is 7.43. The van der Waals surface area contributed by atoms with Crippen LogP contribution in [0.2, 0.25) is 0 Å². The first-order chi connectivity index (χ1) is 9.31. The van der Waals surface area contributed by atoms with Gasteiger partial charge in [-0.25, -0.2) is 4.79 Å². The van der Waals surface area contributed by atoms with Crippen molar-refractivity contribution < 1.29 is 14.7 Å². The number of amides is 1. The molecule has 110 valence electrons. The molecule has 1 unspecified atom stereocenters. The molecule has 2 N–H and O–H groups in total. The Labute approximate surface area is 127 Å². The van der Waals surface area contributed by atoms with Gasteiger partial charge in [0.25, 0.3) is 0 Å². The average molecular weight is 342 g/mol. The summed E-state index contributed by atoms with van der Waals surface area (Å²) in [6.45, 7) is 5.54. The number of aryl methyl sites for hydroxylation is 2. The standard InChI is InChI=1S/C15H20BrNO3/c1-9(2)14(15(19)20)17-13(18)7-5-11-4-6-12(16)10(3)8-11/h4,6,8-9,14H,5,7H2,1-3H3,(H,17,18)(H,19,20). The third-order valence-corrected chi connectivity index (χ3v) is 4.00. The molecule has 1 atom stereocenters. The average Bonchev–Trinajstić information content (AvgIpc) is 2.36. The molecule has 1 amide bonds. The Morgan fingerprint density at radius 2 is 2.00 bits per heavy atom. The fourth-order valence-corrected chi connectivity index (χ4v) is 2.13. The van der Waals surface area contributed by atoms with E-state index in [-0.39, 0.29) is 18.2 Å². The maximum Gasteiger partial charge on any atom is 0.326 e. The second-order valence-corrected chi connectivity index (χ2v) is 6.07. The Morgan fingerprint density at radius 1 is 1.35 bits per heavy atom. The quantitative estimate of drug-likeness (QED) is 0.835. The van der Waals surface area contributed by atoms with Crippen molar-refractivity contribution in [3.05, 3.63) is 33.8 Å². The van der Waals surface area contributed by atoms with Gasteiger partial charge in [0.05, 0.1) is 0 Å². The minimum Gasteiger partial charge on any atom is -0.480 e. The molecule has 0 fully saturated rings. The number of benzene rings is 1. The van der Waals surface area contributed by atoms with Crippen LogP contribution in [0.15, 0.2) is 22.7 Å². The van der Waals surface area contributed by atoms with Crippen LogP contribution in [0.5, 0.6) is 0 Å². The molecule has 0 heterocycles. The van der Waals surface area contributed by atoms with E-state index in [1.165, 1.54) is 0 Å². The zero-order valence-electron chi connectivity index (χ0n) is 11.9. The maximum atomic E-state index is 11.8. The summed E-state index contributed by atoms with van der Waals surface area (Å²) < 4.78 is 1.04. The summed E-state index contributed by atoms with van der Waals surface area (Å²) in [6, 6.07) is 5.11. The monoisotopic (exact) mass is 341 g/mol. The molecule has 20 heavy (non-hydrogen) atoms. The van der Waals surface area contributed by atoms with E-state index >= 15 is 0 Å². The smallest absolute Gasteiger partial charge is 0.326 e. The number of carboxylic acids is 1. The van der Waals surface area contributed by atoms with E-state index in [2.05, 4.69) is 21.2 Å². The predicted molar refractivity (Wildman–Crippen MR) is 81.6 cm³/mol. The van der Waals surface area contributed by atoms with Gasteiger partial charge in [-0.1, -0.05) is 41.9 Å². The van der Waals surface area contributed by atoms with Crippen LogP contribution in [0.3, 0.4) is 0 Å². The number of rotatable bonds is 6. The molecule has 0 saturated heterocycles. The number of aliphatic carboxylic acids is 1. The van der Waals surface area contributed by atoms with Gasteiger partial charge in [0.1, 0.15) is 6.04 Å². The van der Waals surface area contributed by atoms with Gasteiger partial charge >= 0.3 is 5.97 Å². The summed E-state index contributed by atoms with van der Waals surface area (Å²) in [5.41, 5.74) is 2.19. The number of carbonyl (C=O) groups excluding carboxylic acids is 1. The highest BCUT2D eigenvalue weighted by molar-refractivity contribution is 9.10. The van der Waals surface area contributed by atoms with E-state index < -0.39 is 12.0 Å². The van der Waals surface area contributed by atoms with Gasteiger partial charge in [-0.15, -0.1) is 0 Å². The number of hydrogen-bond donors (Lipinski definition) is 2. The van der Waals surface area contributed by atoms with Crippen molar-refractivity contribution in [3.8, 4) is 0 Å². The Kier molecular flexibility index (Phi) is 6.20. The Balaban J connectivity index is 2.54. The van der Waals surface area contributed by atoms with E-state index in [4.69, 9.17) is 5.11 Å². The van der Waals surface area contributed by atoms with Crippen LogP contribution < -0.4 is 5.32 Å². The fraction of sp³-hybridized carbons (Fsp3) is 0.467. The highest BCUT2D eigenvalue weighted by atomic mass is 79.9. The third-order valence-electron chi connectivity index (χ3n) is 3.11. The number of halogens is 1. The Morgan fingerprint density at radius 3 is 2.50 bits per heavy atom. The van der Waals surface area contributed by atoms with Crippen LogP contribution in [0.1, 0.15) is 31.4 Å². The summed E-state index contributed by atoms with van der Waals surface area (Å²) in [6.07, 6.45) is 0.891. The first-order valence-electron chi connectivity index (χ1n) is 6.58. The van der Waals surface area contributed by atoms with Crippen molar-refractivity contribution in [2.24, 2.45) is 5.92 Å². The van der Waals surface area contributed by atoms with Crippen LogP contribution >= 0.6 is 15.9 Å². The molecular weight excluding hydrogens is 322 g/mol. The van der Waals surface area contributed by atoms with Gasteiger partial charge in [-0.3, -0.25) is 4.79 Å².